The summed E-state index contributed by atoms with van der Waals surface area (Å²) in [5, 5.41) is 4.14. The molecule has 0 saturated carbocycles. The molecule has 3 heterocycles. The van der Waals surface area contributed by atoms with Gasteiger partial charge in [-0.1, -0.05) is 15.9 Å². The molecular formula is C16H12BrFN4O. The van der Waals surface area contributed by atoms with Crippen molar-refractivity contribution in [2.75, 3.05) is 6.54 Å². The topological polar surface area (TPSA) is 50.5 Å². The average molecular weight is 375 g/mol. The standard InChI is InChI=1S/C16H12BrFN4O/c17-13-2-3-14(18)12-9-21(7-4-10(12)13)16(23)11-8-20-22-6-1-5-19-15(11)22/h1-3,5-6,8H,4,7,9H2. The molecule has 0 aliphatic carbocycles. The molecule has 0 atom stereocenters. The van der Waals surface area contributed by atoms with Crippen LogP contribution in [0.2, 0.25) is 0 Å². The highest BCUT2D eigenvalue weighted by atomic mass is 79.9. The van der Waals surface area contributed by atoms with Gasteiger partial charge < -0.3 is 4.90 Å². The van der Waals surface area contributed by atoms with E-state index in [1.54, 1.807) is 33.9 Å². The molecule has 0 unspecified atom stereocenters. The van der Waals surface area contributed by atoms with Gasteiger partial charge in [0.15, 0.2) is 5.65 Å². The highest BCUT2D eigenvalue weighted by Gasteiger charge is 2.27. The highest BCUT2D eigenvalue weighted by molar-refractivity contribution is 9.10. The van der Waals surface area contributed by atoms with Gasteiger partial charge in [0, 0.05) is 35.5 Å². The number of hydrogen-bond donors (Lipinski definition) is 0. The molecule has 1 aromatic carbocycles. The van der Waals surface area contributed by atoms with Crippen LogP contribution in [0, 0.1) is 5.82 Å². The van der Waals surface area contributed by atoms with Gasteiger partial charge in [0.25, 0.3) is 5.91 Å². The number of halogens is 2. The molecule has 1 aliphatic rings. The minimum absolute atomic E-state index is 0.177. The molecule has 3 aromatic rings. The minimum Gasteiger partial charge on any atom is -0.334 e. The number of benzene rings is 1. The van der Waals surface area contributed by atoms with Crippen LogP contribution in [0.15, 0.2) is 41.3 Å². The number of carbonyl (C=O) groups is 1. The van der Waals surface area contributed by atoms with Crippen molar-refractivity contribution in [3.8, 4) is 0 Å². The molecular weight excluding hydrogens is 363 g/mol. The SMILES string of the molecule is O=C(c1cnn2cccnc12)N1CCc2c(Br)ccc(F)c2C1. The summed E-state index contributed by atoms with van der Waals surface area (Å²) in [6, 6.07) is 4.88. The molecule has 0 N–H and O–H groups in total. The Bertz CT molecular complexity index is 924. The molecule has 2 aromatic heterocycles. The van der Waals surface area contributed by atoms with E-state index < -0.39 is 0 Å². The first kappa shape index (κ1) is 14.3. The first-order chi connectivity index (χ1) is 11.1. The zero-order valence-corrected chi connectivity index (χ0v) is 13.6. The molecule has 1 aliphatic heterocycles. The van der Waals surface area contributed by atoms with E-state index in [1.807, 2.05) is 0 Å². The van der Waals surface area contributed by atoms with Crippen LogP contribution in [0.3, 0.4) is 0 Å². The van der Waals surface area contributed by atoms with Crippen LogP contribution >= 0.6 is 15.9 Å². The molecule has 1 amide bonds. The van der Waals surface area contributed by atoms with Crippen LogP contribution in [0.4, 0.5) is 4.39 Å². The van der Waals surface area contributed by atoms with E-state index in [9.17, 15) is 9.18 Å². The first-order valence-electron chi connectivity index (χ1n) is 7.18. The van der Waals surface area contributed by atoms with E-state index in [2.05, 4.69) is 26.0 Å². The summed E-state index contributed by atoms with van der Waals surface area (Å²) in [6.45, 7) is 0.793. The van der Waals surface area contributed by atoms with Crippen LogP contribution in [-0.4, -0.2) is 31.9 Å². The summed E-state index contributed by atoms with van der Waals surface area (Å²) in [6.07, 6.45) is 5.49. The fraction of sp³-hybridized carbons (Fsp3) is 0.188. The van der Waals surface area contributed by atoms with Gasteiger partial charge in [-0.05, 0) is 30.2 Å². The summed E-state index contributed by atoms with van der Waals surface area (Å²) in [5.41, 5.74) is 2.46. The molecule has 5 nitrogen and oxygen atoms in total. The van der Waals surface area contributed by atoms with E-state index in [1.165, 1.54) is 12.3 Å². The van der Waals surface area contributed by atoms with E-state index in [4.69, 9.17) is 0 Å². The Morgan fingerprint density at radius 2 is 2.17 bits per heavy atom. The normalized spacial score (nSPS) is 14.1. The number of rotatable bonds is 1. The van der Waals surface area contributed by atoms with E-state index in [-0.39, 0.29) is 18.3 Å². The first-order valence-corrected chi connectivity index (χ1v) is 7.98. The van der Waals surface area contributed by atoms with Crippen molar-refractivity contribution in [3.63, 3.8) is 0 Å². The second-order valence-electron chi connectivity index (χ2n) is 5.41. The average Bonchev–Trinajstić information content (AvgIpc) is 3.01. The molecule has 7 heteroatoms. The van der Waals surface area contributed by atoms with Crippen molar-refractivity contribution in [1.82, 2.24) is 19.5 Å². The van der Waals surface area contributed by atoms with Crippen molar-refractivity contribution < 1.29 is 9.18 Å². The van der Waals surface area contributed by atoms with Gasteiger partial charge in [0.2, 0.25) is 0 Å². The van der Waals surface area contributed by atoms with Gasteiger partial charge in [0.05, 0.1) is 6.20 Å². The lowest BCUT2D eigenvalue weighted by molar-refractivity contribution is 0.0734. The Morgan fingerprint density at radius 3 is 3.04 bits per heavy atom. The summed E-state index contributed by atoms with van der Waals surface area (Å²) in [5.74, 6) is -0.456. The third kappa shape index (κ3) is 2.31. The maximum absolute atomic E-state index is 14.1. The second-order valence-corrected chi connectivity index (χ2v) is 6.26. The van der Waals surface area contributed by atoms with Gasteiger partial charge in [-0.25, -0.2) is 13.9 Å². The predicted octanol–water partition coefficient (Wildman–Crippen LogP) is 2.83. The Kier molecular flexibility index (Phi) is 3.37. The van der Waals surface area contributed by atoms with Gasteiger partial charge in [-0.15, -0.1) is 0 Å². The summed E-state index contributed by atoms with van der Waals surface area (Å²) in [4.78, 5) is 18.6. The van der Waals surface area contributed by atoms with Crippen molar-refractivity contribution in [3.05, 3.63) is 63.8 Å². The number of fused-ring (bicyclic) bond motifs is 2. The van der Waals surface area contributed by atoms with Crippen LogP contribution < -0.4 is 0 Å². The fourth-order valence-corrected chi connectivity index (χ4v) is 3.49. The molecule has 116 valence electrons. The lowest BCUT2D eigenvalue weighted by atomic mass is 9.99. The number of aromatic nitrogens is 3. The predicted molar refractivity (Wildman–Crippen MR) is 85.5 cm³/mol. The minimum atomic E-state index is -0.279. The quantitative estimate of drug-likeness (QED) is 0.657. The third-order valence-electron chi connectivity index (χ3n) is 4.09. The molecule has 4 rings (SSSR count). The maximum Gasteiger partial charge on any atom is 0.259 e. The van der Waals surface area contributed by atoms with E-state index >= 15 is 0 Å². The summed E-state index contributed by atoms with van der Waals surface area (Å²) >= 11 is 3.45. The van der Waals surface area contributed by atoms with Crippen LogP contribution in [-0.2, 0) is 13.0 Å². The second kappa shape index (κ2) is 5.42. The van der Waals surface area contributed by atoms with Crippen molar-refractivity contribution in [2.45, 2.75) is 13.0 Å². The lowest BCUT2D eigenvalue weighted by Gasteiger charge is -2.29. The molecule has 0 radical (unpaired) electrons. The maximum atomic E-state index is 14.1. The number of amides is 1. The Hall–Kier alpha value is -2.28. The zero-order valence-electron chi connectivity index (χ0n) is 12.0. The fourth-order valence-electron chi connectivity index (χ4n) is 2.92. The van der Waals surface area contributed by atoms with E-state index in [0.717, 1.165) is 10.0 Å². The number of carbonyl (C=O) groups excluding carboxylic acids is 1. The lowest BCUT2D eigenvalue weighted by Crippen LogP contribution is -2.36. The van der Waals surface area contributed by atoms with Gasteiger partial charge in [-0.2, -0.15) is 5.10 Å². The highest BCUT2D eigenvalue weighted by Crippen LogP contribution is 2.29. The van der Waals surface area contributed by atoms with Crippen molar-refractivity contribution >= 4 is 27.5 Å². The Labute approximate surface area is 139 Å². The number of hydrogen-bond acceptors (Lipinski definition) is 3. The Balaban J connectivity index is 1.69. The Morgan fingerprint density at radius 1 is 1.30 bits per heavy atom. The molecule has 0 bridgehead atoms. The smallest absolute Gasteiger partial charge is 0.259 e. The van der Waals surface area contributed by atoms with Crippen molar-refractivity contribution in [1.29, 1.82) is 0 Å². The van der Waals surface area contributed by atoms with Crippen molar-refractivity contribution in [2.24, 2.45) is 0 Å². The molecule has 23 heavy (non-hydrogen) atoms. The summed E-state index contributed by atoms with van der Waals surface area (Å²) in [7, 11) is 0. The number of nitrogens with zero attached hydrogens (tertiary/aromatic N) is 4. The van der Waals surface area contributed by atoms with E-state index in [0.29, 0.717) is 29.7 Å². The van der Waals surface area contributed by atoms with Gasteiger partial charge in [0.1, 0.15) is 11.4 Å². The summed E-state index contributed by atoms with van der Waals surface area (Å²) < 4.78 is 16.5. The third-order valence-corrected chi connectivity index (χ3v) is 4.84. The molecule has 0 saturated heterocycles. The van der Waals surface area contributed by atoms with Gasteiger partial charge in [-0.3, -0.25) is 4.79 Å². The molecule has 0 spiro atoms. The largest absolute Gasteiger partial charge is 0.334 e. The van der Waals surface area contributed by atoms with Crippen LogP contribution in [0.5, 0.6) is 0 Å². The zero-order chi connectivity index (χ0) is 16.0. The monoisotopic (exact) mass is 374 g/mol. The van der Waals surface area contributed by atoms with Crippen LogP contribution in [0.1, 0.15) is 21.5 Å². The van der Waals surface area contributed by atoms with Crippen LogP contribution in [0.25, 0.3) is 5.65 Å². The molecule has 0 fully saturated rings. The van der Waals surface area contributed by atoms with Gasteiger partial charge >= 0.3 is 0 Å².